The molecule has 0 bridgehead atoms. The second-order valence-corrected chi connectivity index (χ2v) is 10.3. The molecule has 1 saturated carbocycles. The van der Waals surface area contributed by atoms with Crippen molar-refractivity contribution in [1.82, 2.24) is 4.90 Å². The number of aliphatic hydroxyl groups is 2. The maximum atomic E-state index is 13.3. The van der Waals surface area contributed by atoms with Crippen LogP contribution in [0.15, 0.2) is 76.0 Å². The highest BCUT2D eigenvalue weighted by Gasteiger charge is 2.50. The number of aliphatic hydroxyl groups excluding tert-OH is 2. The normalized spacial score (nSPS) is 28.7. The quantitative estimate of drug-likeness (QED) is 0.221. The van der Waals surface area contributed by atoms with Gasteiger partial charge in [-0.05, 0) is 47.0 Å². The van der Waals surface area contributed by atoms with Crippen LogP contribution in [-0.2, 0) is 22.6 Å². The van der Waals surface area contributed by atoms with Crippen molar-refractivity contribution in [1.29, 1.82) is 0 Å². The van der Waals surface area contributed by atoms with Gasteiger partial charge in [-0.1, -0.05) is 76.0 Å². The van der Waals surface area contributed by atoms with E-state index in [0.29, 0.717) is 12.8 Å². The number of azide groups is 3. The van der Waals surface area contributed by atoms with Crippen LogP contribution in [0.2, 0.25) is 0 Å². The van der Waals surface area contributed by atoms with Gasteiger partial charge in [-0.25, -0.2) is 4.79 Å². The van der Waals surface area contributed by atoms with E-state index in [9.17, 15) is 26.1 Å². The van der Waals surface area contributed by atoms with Crippen molar-refractivity contribution in [3.8, 4) is 0 Å². The van der Waals surface area contributed by atoms with Crippen molar-refractivity contribution in [3.05, 3.63) is 103 Å². The summed E-state index contributed by atoms with van der Waals surface area (Å²) in [4.78, 5) is 23.4. The van der Waals surface area contributed by atoms with Crippen molar-refractivity contribution in [2.45, 2.75) is 75.0 Å². The topological polar surface area (TPSA) is 226 Å². The molecule has 2 aromatic carbocycles. The Morgan fingerprint density at radius 1 is 0.857 bits per heavy atom. The summed E-state index contributed by atoms with van der Waals surface area (Å²) in [6.07, 6.45) is -4.25. The molecule has 15 heteroatoms. The number of hydrogen-bond acceptors (Lipinski definition) is 8. The minimum absolute atomic E-state index is 0.0313. The lowest BCUT2D eigenvalue weighted by molar-refractivity contribution is -0.155. The average Bonchev–Trinajstić information content (AvgIpc) is 3.00. The summed E-state index contributed by atoms with van der Waals surface area (Å²) in [5, 5.41) is 33.0. The molecule has 2 aromatic rings. The number of benzene rings is 2. The third-order valence-corrected chi connectivity index (χ3v) is 7.66. The Labute approximate surface area is 241 Å². The van der Waals surface area contributed by atoms with Crippen molar-refractivity contribution < 1.29 is 24.5 Å². The van der Waals surface area contributed by atoms with Crippen LogP contribution in [-0.4, -0.2) is 70.3 Å². The molecule has 1 aliphatic heterocycles. The minimum atomic E-state index is -1.50. The van der Waals surface area contributed by atoms with E-state index in [1.807, 2.05) is 60.7 Å². The Morgan fingerprint density at radius 3 is 2.10 bits per heavy atom. The third-order valence-electron chi connectivity index (χ3n) is 7.66. The van der Waals surface area contributed by atoms with E-state index in [4.69, 9.17) is 15.0 Å². The van der Waals surface area contributed by atoms with Gasteiger partial charge in [-0.2, -0.15) is 0 Å². The van der Waals surface area contributed by atoms with Crippen LogP contribution < -0.4 is 0 Å². The van der Waals surface area contributed by atoms with E-state index >= 15 is 0 Å². The number of amides is 1. The van der Waals surface area contributed by atoms with E-state index < -0.39 is 54.6 Å². The predicted octanol–water partition coefficient (Wildman–Crippen LogP) is 5.15. The van der Waals surface area contributed by atoms with Gasteiger partial charge in [0.15, 0.2) is 0 Å². The molecule has 0 aromatic heterocycles. The second kappa shape index (κ2) is 14.9. The number of ether oxygens (including phenoxy) is 2. The molecular formula is C27H32N10O5. The van der Waals surface area contributed by atoms with Crippen molar-refractivity contribution in [2.75, 3.05) is 6.54 Å². The van der Waals surface area contributed by atoms with Gasteiger partial charge in [0.2, 0.25) is 0 Å². The highest BCUT2D eigenvalue weighted by molar-refractivity contribution is 5.67. The molecule has 1 amide bonds. The van der Waals surface area contributed by atoms with Gasteiger partial charge in [0.1, 0.15) is 6.61 Å². The van der Waals surface area contributed by atoms with Crippen LogP contribution in [0, 0.1) is 5.92 Å². The van der Waals surface area contributed by atoms with Crippen molar-refractivity contribution in [2.24, 2.45) is 21.3 Å². The fourth-order valence-electron chi connectivity index (χ4n) is 5.65. The molecule has 0 spiro atoms. The lowest BCUT2D eigenvalue weighted by Gasteiger charge is -2.47. The van der Waals surface area contributed by atoms with Crippen molar-refractivity contribution >= 4 is 6.09 Å². The van der Waals surface area contributed by atoms with Crippen LogP contribution in [0.4, 0.5) is 4.79 Å². The summed E-state index contributed by atoms with van der Waals surface area (Å²) in [5.41, 5.74) is 29.0. The first kappa shape index (κ1) is 30.5. The largest absolute Gasteiger partial charge is 0.445 e. The summed E-state index contributed by atoms with van der Waals surface area (Å²) in [5.74, 6) is -0.966. The molecule has 1 saturated heterocycles. The molecule has 42 heavy (non-hydrogen) atoms. The lowest BCUT2D eigenvalue weighted by Crippen LogP contribution is -2.59. The summed E-state index contributed by atoms with van der Waals surface area (Å²) in [7, 11) is 0. The van der Waals surface area contributed by atoms with Gasteiger partial charge >= 0.3 is 6.09 Å². The first-order chi connectivity index (χ1) is 20.4. The van der Waals surface area contributed by atoms with Crippen molar-refractivity contribution in [3.63, 3.8) is 0 Å². The van der Waals surface area contributed by atoms with Crippen LogP contribution >= 0.6 is 0 Å². The number of carbonyl (C=O) groups is 1. The molecule has 2 aliphatic rings. The maximum absolute atomic E-state index is 13.3. The zero-order valence-electron chi connectivity index (χ0n) is 22.7. The molecule has 1 aliphatic carbocycles. The average molecular weight is 577 g/mol. The molecule has 2 N–H and O–H groups in total. The van der Waals surface area contributed by atoms with Crippen LogP contribution in [0.25, 0.3) is 31.3 Å². The molecule has 4 rings (SSSR count). The first-order valence-corrected chi connectivity index (χ1v) is 13.6. The van der Waals surface area contributed by atoms with Crippen LogP contribution in [0.1, 0.15) is 30.4 Å². The standard InChI is InChI=1S/C27H32N10O5/c28-34-31-20-12-11-19(42-26(20)23-21(32-35-29)13-22(33-36-30)24(38)25(23)39)15-37(14-17-7-3-1-4-8-17)27(40)41-16-18-9-5-2-6-10-18/h1-10,19-26,38-39H,11-16H2/t19-,20?,21?,22?,23?,24-,25-,26-/m0/s1. The van der Waals surface area contributed by atoms with Gasteiger partial charge in [0.25, 0.3) is 0 Å². The number of rotatable bonds is 10. The zero-order chi connectivity index (χ0) is 29.9. The molecule has 15 nitrogen and oxygen atoms in total. The van der Waals surface area contributed by atoms with E-state index in [1.54, 1.807) is 0 Å². The Morgan fingerprint density at radius 2 is 1.45 bits per heavy atom. The molecule has 0 radical (unpaired) electrons. The van der Waals surface area contributed by atoms with Gasteiger partial charge in [0, 0.05) is 33.2 Å². The van der Waals surface area contributed by atoms with Crippen LogP contribution in [0.5, 0.6) is 0 Å². The van der Waals surface area contributed by atoms with E-state index in [-0.39, 0.29) is 26.1 Å². The smallest absolute Gasteiger partial charge is 0.410 e. The zero-order valence-corrected chi connectivity index (χ0v) is 22.7. The predicted molar refractivity (Wildman–Crippen MR) is 150 cm³/mol. The monoisotopic (exact) mass is 576 g/mol. The van der Waals surface area contributed by atoms with Gasteiger partial charge in [0.05, 0.1) is 43.0 Å². The third kappa shape index (κ3) is 7.62. The number of carbonyl (C=O) groups excluding carboxylic acids is 1. The van der Waals surface area contributed by atoms with E-state index in [2.05, 4.69) is 30.1 Å². The fraction of sp³-hybridized carbons (Fsp3) is 0.519. The Hall–Kier alpha value is -4.48. The molecule has 4 unspecified atom stereocenters. The van der Waals surface area contributed by atoms with Gasteiger partial charge in [-0.3, -0.25) is 0 Å². The molecular weight excluding hydrogens is 544 g/mol. The molecule has 220 valence electrons. The Bertz CT molecular complexity index is 1330. The molecule has 8 atom stereocenters. The molecule has 2 fully saturated rings. The van der Waals surface area contributed by atoms with Gasteiger partial charge in [-0.15, -0.1) is 0 Å². The summed E-state index contributed by atoms with van der Waals surface area (Å²) in [6.45, 7) is 0.462. The maximum Gasteiger partial charge on any atom is 0.410 e. The highest BCUT2D eigenvalue weighted by atomic mass is 16.6. The second-order valence-electron chi connectivity index (χ2n) is 10.3. The summed E-state index contributed by atoms with van der Waals surface area (Å²) >= 11 is 0. The Balaban J connectivity index is 1.56. The highest BCUT2D eigenvalue weighted by Crippen LogP contribution is 2.39. The Kier molecular flexibility index (Phi) is 10.8. The minimum Gasteiger partial charge on any atom is -0.445 e. The SMILES string of the molecule is [N-]=[N+]=NC1CC(N=[N+]=[N-])[C@H](O)[C@@H](O)C1[C@H]1O[C@H](CN(Cc2ccccc2)C(=O)OCc2ccccc2)CCC1N=[N+]=[N-]. The summed E-state index contributed by atoms with van der Waals surface area (Å²) < 4.78 is 12.0. The first-order valence-electron chi connectivity index (χ1n) is 13.6. The van der Waals surface area contributed by atoms with Gasteiger partial charge < -0.3 is 24.6 Å². The summed E-state index contributed by atoms with van der Waals surface area (Å²) in [6, 6.07) is 16.0. The van der Waals surface area contributed by atoms with E-state index in [0.717, 1.165) is 11.1 Å². The van der Waals surface area contributed by atoms with E-state index in [1.165, 1.54) is 4.90 Å². The van der Waals surface area contributed by atoms with Crippen LogP contribution in [0.3, 0.4) is 0 Å². The molecule has 1 heterocycles. The fourth-order valence-corrected chi connectivity index (χ4v) is 5.65. The number of nitrogens with zero attached hydrogens (tertiary/aromatic N) is 10. The lowest BCUT2D eigenvalue weighted by atomic mass is 9.72. The number of hydrogen-bond donors (Lipinski definition) is 2.